The first-order valence-electron chi connectivity index (χ1n) is 12.5. The van der Waals surface area contributed by atoms with Crippen LogP contribution < -0.4 is 4.90 Å². The van der Waals surface area contributed by atoms with Crippen LogP contribution in [0.15, 0.2) is 102 Å². The van der Waals surface area contributed by atoms with Crippen LogP contribution in [-0.4, -0.2) is 13.1 Å². The molecule has 0 amide bonds. The minimum absolute atomic E-state index is 0.190. The lowest BCUT2D eigenvalue weighted by Crippen LogP contribution is -2.10. The zero-order valence-corrected chi connectivity index (χ0v) is 23.1. The van der Waals surface area contributed by atoms with Crippen LogP contribution in [-0.2, 0) is 16.0 Å². The maximum Gasteiger partial charge on any atom is 0.305 e. The standard InChI is InChI=1S/C33H29NO2S2/c1-24-5-20-31(38-24)21-10-25-6-14-28(15-7-25)34(29-16-8-26(9-17-29)11-22-33(35)36-2)30-18-12-27(13-19-30)32-4-3-23-37-32/h3-10,12-21,23H,11,22H2,1-2H3/b21-10+. The van der Waals surface area contributed by atoms with Crippen molar-refractivity contribution in [3.8, 4) is 10.4 Å². The third-order valence-electron chi connectivity index (χ3n) is 6.32. The van der Waals surface area contributed by atoms with E-state index in [9.17, 15) is 4.79 Å². The van der Waals surface area contributed by atoms with Crippen molar-refractivity contribution in [2.75, 3.05) is 12.0 Å². The molecule has 0 atom stereocenters. The minimum Gasteiger partial charge on any atom is -0.469 e. The number of methoxy groups -OCH3 is 1. The average molecular weight is 536 g/mol. The maximum absolute atomic E-state index is 11.6. The lowest BCUT2D eigenvalue weighted by Gasteiger charge is -2.26. The number of thiophene rings is 2. The van der Waals surface area contributed by atoms with E-state index in [2.05, 4.69) is 126 Å². The highest BCUT2D eigenvalue weighted by Gasteiger charge is 2.13. The molecule has 3 nitrogen and oxygen atoms in total. The number of rotatable bonds is 9. The lowest BCUT2D eigenvalue weighted by atomic mass is 10.1. The number of hydrogen-bond donors (Lipinski definition) is 0. The second-order valence-corrected chi connectivity index (χ2v) is 11.2. The zero-order valence-electron chi connectivity index (χ0n) is 21.5. The first kappa shape index (κ1) is 25.7. The number of benzene rings is 3. The second kappa shape index (κ2) is 12.1. The number of hydrogen-bond acceptors (Lipinski definition) is 5. The van der Waals surface area contributed by atoms with E-state index >= 15 is 0 Å². The summed E-state index contributed by atoms with van der Waals surface area (Å²) < 4.78 is 4.79. The molecule has 0 aliphatic rings. The molecule has 190 valence electrons. The van der Waals surface area contributed by atoms with E-state index in [1.165, 1.54) is 27.3 Å². The Morgan fingerprint density at radius 3 is 2.05 bits per heavy atom. The number of esters is 1. The van der Waals surface area contributed by atoms with Gasteiger partial charge >= 0.3 is 5.97 Å². The maximum atomic E-state index is 11.6. The molecule has 0 bridgehead atoms. The molecule has 0 saturated carbocycles. The summed E-state index contributed by atoms with van der Waals surface area (Å²) in [5, 5.41) is 2.10. The van der Waals surface area contributed by atoms with Crippen LogP contribution >= 0.6 is 22.7 Å². The van der Waals surface area contributed by atoms with E-state index in [1.54, 1.807) is 22.7 Å². The summed E-state index contributed by atoms with van der Waals surface area (Å²) >= 11 is 3.54. The molecular formula is C33H29NO2S2. The summed E-state index contributed by atoms with van der Waals surface area (Å²) in [5.74, 6) is -0.190. The first-order chi connectivity index (χ1) is 18.6. The Hall–Kier alpha value is -3.93. The number of carbonyl (C=O) groups is 1. The number of ether oxygens (including phenoxy) is 1. The molecule has 0 spiro atoms. The van der Waals surface area contributed by atoms with Crippen LogP contribution in [0, 0.1) is 6.92 Å². The van der Waals surface area contributed by atoms with E-state index in [-0.39, 0.29) is 5.97 Å². The zero-order chi connectivity index (χ0) is 26.3. The van der Waals surface area contributed by atoms with Crippen LogP contribution in [0.3, 0.4) is 0 Å². The molecule has 0 unspecified atom stereocenters. The predicted octanol–water partition coefficient (Wildman–Crippen LogP) is 9.53. The van der Waals surface area contributed by atoms with E-state index < -0.39 is 0 Å². The fourth-order valence-electron chi connectivity index (χ4n) is 4.28. The average Bonchev–Trinajstić information content (AvgIpc) is 3.65. The summed E-state index contributed by atoms with van der Waals surface area (Å²) in [5.41, 5.74) is 6.71. The molecule has 0 radical (unpaired) electrons. The summed E-state index contributed by atoms with van der Waals surface area (Å²) in [7, 11) is 1.43. The molecule has 5 heteroatoms. The van der Waals surface area contributed by atoms with E-state index in [0.29, 0.717) is 12.8 Å². The van der Waals surface area contributed by atoms with Crippen LogP contribution in [0.4, 0.5) is 17.1 Å². The van der Waals surface area contributed by atoms with Crippen LogP contribution in [0.1, 0.15) is 27.3 Å². The molecule has 0 N–H and O–H groups in total. The molecular weight excluding hydrogens is 507 g/mol. The molecule has 2 heterocycles. The predicted molar refractivity (Wildman–Crippen MR) is 163 cm³/mol. The van der Waals surface area contributed by atoms with Gasteiger partial charge in [-0.3, -0.25) is 4.79 Å². The Morgan fingerprint density at radius 1 is 0.816 bits per heavy atom. The molecule has 0 saturated heterocycles. The Kier molecular flexibility index (Phi) is 8.17. The summed E-state index contributed by atoms with van der Waals surface area (Å²) in [6.45, 7) is 2.13. The highest BCUT2D eigenvalue weighted by Crippen LogP contribution is 2.36. The third kappa shape index (κ3) is 6.31. The summed E-state index contributed by atoms with van der Waals surface area (Å²) in [4.78, 5) is 17.7. The first-order valence-corrected chi connectivity index (χ1v) is 14.2. The van der Waals surface area contributed by atoms with Gasteiger partial charge in [-0.1, -0.05) is 48.5 Å². The Labute approximate surface area is 232 Å². The Bertz CT molecular complexity index is 1500. The van der Waals surface area contributed by atoms with Gasteiger partial charge in [0.1, 0.15) is 0 Å². The molecule has 5 rings (SSSR count). The van der Waals surface area contributed by atoms with Gasteiger partial charge < -0.3 is 9.64 Å². The highest BCUT2D eigenvalue weighted by atomic mass is 32.1. The molecule has 2 aromatic heterocycles. The van der Waals surface area contributed by atoms with Gasteiger partial charge in [0.2, 0.25) is 0 Å². The molecule has 0 aliphatic heterocycles. The van der Waals surface area contributed by atoms with Gasteiger partial charge in [-0.25, -0.2) is 0 Å². The van der Waals surface area contributed by atoms with Gasteiger partial charge in [-0.15, -0.1) is 22.7 Å². The molecule has 0 aliphatic carbocycles. The molecule has 0 fully saturated rings. The lowest BCUT2D eigenvalue weighted by molar-refractivity contribution is -0.140. The number of aryl methyl sites for hydroxylation is 2. The van der Waals surface area contributed by atoms with Gasteiger partial charge in [-0.2, -0.15) is 0 Å². The van der Waals surface area contributed by atoms with E-state index in [4.69, 9.17) is 4.74 Å². The topological polar surface area (TPSA) is 29.5 Å². The van der Waals surface area contributed by atoms with Crippen molar-refractivity contribution in [2.24, 2.45) is 0 Å². The van der Waals surface area contributed by atoms with Gasteiger partial charge in [0, 0.05) is 38.1 Å². The monoisotopic (exact) mass is 535 g/mol. The van der Waals surface area contributed by atoms with Crippen molar-refractivity contribution < 1.29 is 9.53 Å². The quantitative estimate of drug-likeness (QED) is 0.176. The Morgan fingerprint density at radius 2 is 1.47 bits per heavy atom. The van der Waals surface area contributed by atoms with Gasteiger partial charge in [-0.05, 0) is 96.1 Å². The van der Waals surface area contributed by atoms with Crippen molar-refractivity contribution in [3.05, 3.63) is 123 Å². The Balaban J connectivity index is 1.43. The smallest absolute Gasteiger partial charge is 0.305 e. The van der Waals surface area contributed by atoms with Crippen LogP contribution in [0.25, 0.3) is 22.6 Å². The number of anilines is 3. The summed E-state index contributed by atoms with van der Waals surface area (Å²) in [6.07, 6.45) is 5.36. The fourth-order valence-corrected chi connectivity index (χ4v) is 5.79. The van der Waals surface area contributed by atoms with Crippen LogP contribution in [0.5, 0.6) is 0 Å². The third-order valence-corrected chi connectivity index (χ3v) is 8.21. The largest absolute Gasteiger partial charge is 0.469 e. The molecule has 3 aromatic carbocycles. The van der Waals surface area contributed by atoms with E-state index in [0.717, 1.165) is 28.2 Å². The minimum atomic E-state index is -0.190. The SMILES string of the molecule is COC(=O)CCc1ccc(N(c2ccc(/C=C/c3ccc(C)s3)cc2)c2ccc(-c3cccs3)cc2)cc1. The van der Waals surface area contributed by atoms with Crippen molar-refractivity contribution >= 4 is 57.9 Å². The number of carbonyl (C=O) groups excluding carboxylic acids is 1. The van der Waals surface area contributed by atoms with Gasteiger partial charge in [0.15, 0.2) is 0 Å². The fraction of sp³-hybridized carbons (Fsp3) is 0.121. The van der Waals surface area contributed by atoms with Gasteiger partial charge in [0.05, 0.1) is 7.11 Å². The van der Waals surface area contributed by atoms with Crippen molar-refractivity contribution in [1.82, 2.24) is 0 Å². The molecule has 38 heavy (non-hydrogen) atoms. The summed E-state index contributed by atoms with van der Waals surface area (Å²) in [6, 6.07) is 34.3. The number of nitrogens with zero attached hydrogens (tertiary/aromatic N) is 1. The van der Waals surface area contributed by atoms with Crippen molar-refractivity contribution in [3.63, 3.8) is 0 Å². The van der Waals surface area contributed by atoms with Crippen molar-refractivity contribution in [1.29, 1.82) is 0 Å². The highest BCUT2D eigenvalue weighted by molar-refractivity contribution is 7.13. The second-order valence-electron chi connectivity index (χ2n) is 8.98. The van der Waals surface area contributed by atoms with Crippen LogP contribution in [0.2, 0.25) is 0 Å². The van der Waals surface area contributed by atoms with Crippen molar-refractivity contribution in [2.45, 2.75) is 19.8 Å². The molecule has 5 aromatic rings. The van der Waals surface area contributed by atoms with E-state index in [1.807, 2.05) is 0 Å². The van der Waals surface area contributed by atoms with Gasteiger partial charge in [0.25, 0.3) is 0 Å². The normalized spacial score (nSPS) is 11.1.